The molecule has 1 saturated heterocycles. The van der Waals surface area contributed by atoms with Crippen molar-refractivity contribution in [2.24, 2.45) is 0 Å². The molecule has 7 heteroatoms. The van der Waals surface area contributed by atoms with E-state index in [1.165, 1.54) is 0 Å². The quantitative estimate of drug-likeness (QED) is 0.782. The number of ether oxygens (including phenoxy) is 1. The molecule has 1 N–H and O–H groups in total. The lowest BCUT2D eigenvalue weighted by Crippen LogP contribution is -2.31. The summed E-state index contributed by atoms with van der Waals surface area (Å²) in [5.74, 6) is 1.15. The van der Waals surface area contributed by atoms with Gasteiger partial charge in [-0.25, -0.2) is 4.98 Å². The Kier molecular flexibility index (Phi) is 4.35. The van der Waals surface area contributed by atoms with Crippen LogP contribution in [0.2, 0.25) is 0 Å². The number of benzene rings is 1. The Morgan fingerprint density at radius 1 is 1.27 bits per heavy atom. The van der Waals surface area contributed by atoms with Gasteiger partial charge in [-0.2, -0.15) is 10.1 Å². The number of aromatic amines is 1. The zero-order valence-corrected chi connectivity index (χ0v) is 14.4. The summed E-state index contributed by atoms with van der Waals surface area (Å²) in [6, 6.07) is 13.3. The highest BCUT2D eigenvalue weighted by atomic mass is 16.5. The van der Waals surface area contributed by atoms with E-state index in [0.717, 1.165) is 17.7 Å². The summed E-state index contributed by atoms with van der Waals surface area (Å²) in [4.78, 5) is 22.8. The summed E-state index contributed by atoms with van der Waals surface area (Å²) in [5.41, 5.74) is 2.23. The number of likely N-dealkylation sites (tertiary alicyclic amines) is 1. The van der Waals surface area contributed by atoms with Crippen LogP contribution in [0.15, 0.2) is 48.7 Å². The fraction of sp³-hybridized carbons (Fsp3) is 0.263. The monoisotopic (exact) mass is 349 g/mol. The topological polar surface area (TPSA) is 84.0 Å². The number of aryl methyl sites for hydroxylation is 1. The van der Waals surface area contributed by atoms with Crippen LogP contribution in [0.5, 0.6) is 5.88 Å². The number of aromatic nitrogens is 4. The standard InChI is InChI=1S/C19H19N5O2/c1-13-20-9-7-18(21-13)26-15-8-10-24(12-15)19(25)17-11-16(22-23-17)14-5-3-2-4-6-14/h2-7,9,11,15H,8,10,12H2,1H3,(H,22,23). The van der Waals surface area contributed by atoms with E-state index in [0.29, 0.717) is 30.5 Å². The number of carbonyl (C=O) groups is 1. The van der Waals surface area contributed by atoms with Gasteiger partial charge in [0.25, 0.3) is 5.91 Å². The summed E-state index contributed by atoms with van der Waals surface area (Å²) in [5, 5.41) is 7.10. The van der Waals surface area contributed by atoms with Crippen molar-refractivity contribution in [3.63, 3.8) is 0 Å². The van der Waals surface area contributed by atoms with Crippen LogP contribution < -0.4 is 4.74 Å². The molecule has 2 aromatic heterocycles. The maximum absolute atomic E-state index is 12.7. The predicted molar refractivity (Wildman–Crippen MR) is 95.7 cm³/mol. The molecule has 3 heterocycles. The van der Waals surface area contributed by atoms with Crippen molar-refractivity contribution in [2.75, 3.05) is 13.1 Å². The normalized spacial score (nSPS) is 16.7. The summed E-state index contributed by atoms with van der Waals surface area (Å²) in [6.45, 7) is 2.99. The summed E-state index contributed by atoms with van der Waals surface area (Å²) >= 11 is 0. The minimum atomic E-state index is -0.0651. The maximum Gasteiger partial charge on any atom is 0.272 e. The molecule has 1 amide bonds. The van der Waals surface area contributed by atoms with Gasteiger partial charge in [-0.1, -0.05) is 30.3 Å². The molecule has 0 radical (unpaired) electrons. The van der Waals surface area contributed by atoms with E-state index in [1.54, 1.807) is 23.2 Å². The van der Waals surface area contributed by atoms with Crippen LogP contribution in [0, 0.1) is 6.92 Å². The fourth-order valence-corrected chi connectivity index (χ4v) is 3.04. The van der Waals surface area contributed by atoms with Crippen LogP contribution in [0.25, 0.3) is 11.3 Å². The minimum Gasteiger partial charge on any atom is -0.472 e. The third kappa shape index (κ3) is 3.42. The van der Waals surface area contributed by atoms with Crippen LogP contribution in [0.1, 0.15) is 22.7 Å². The van der Waals surface area contributed by atoms with Crippen LogP contribution in [0.3, 0.4) is 0 Å². The first-order valence-electron chi connectivity index (χ1n) is 8.55. The van der Waals surface area contributed by atoms with Crippen molar-refractivity contribution in [3.05, 3.63) is 60.2 Å². The smallest absolute Gasteiger partial charge is 0.272 e. The van der Waals surface area contributed by atoms with E-state index in [4.69, 9.17) is 4.74 Å². The molecule has 0 saturated carbocycles. The van der Waals surface area contributed by atoms with Crippen molar-refractivity contribution >= 4 is 5.91 Å². The molecule has 1 atom stereocenters. The highest BCUT2D eigenvalue weighted by Gasteiger charge is 2.29. The van der Waals surface area contributed by atoms with Crippen molar-refractivity contribution in [1.29, 1.82) is 0 Å². The average molecular weight is 349 g/mol. The molecule has 3 aromatic rings. The van der Waals surface area contributed by atoms with Gasteiger partial charge in [-0.05, 0) is 13.0 Å². The van der Waals surface area contributed by atoms with E-state index in [2.05, 4.69) is 20.2 Å². The SMILES string of the molecule is Cc1nccc(OC2CCN(C(=O)c3cc(-c4ccccc4)n[nH]3)C2)n1. The summed E-state index contributed by atoms with van der Waals surface area (Å²) in [6.07, 6.45) is 2.38. The van der Waals surface area contributed by atoms with Crippen molar-refractivity contribution in [1.82, 2.24) is 25.1 Å². The van der Waals surface area contributed by atoms with Gasteiger partial charge in [0.15, 0.2) is 0 Å². The highest BCUT2D eigenvalue weighted by molar-refractivity contribution is 5.93. The zero-order valence-electron chi connectivity index (χ0n) is 14.4. The van der Waals surface area contributed by atoms with Crippen LogP contribution in [-0.2, 0) is 0 Å². The van der Waals surface area contributed by atoms with Crippen LogP contribution in [0.4, 0.5) is 0 Å². The lowest BCUT2D eigenvalue weighted by Gasteiger charge is -2.16. The second-order valence-corrected chi connectivity index (χ2v) is 6.25. The second kappa shape index (κ2) is 6.95. The van der Waals surface area contributed by atoms with Gasteiger partial charge in [0.2, 0.25) is 5.88 Å². The largest absolute Gasteiger partial charge is 0.472 e. The number of H-pyrrole nitrogens is 1. The molecule has 1 aliphatic heterocycles. The molecule has 4 rings (SSSR count). The van der Waals surface area contributed by atoms with Crippen LogP contribution in [-0.4, -0.2) is 50.2 Å². The van der Waals surface area contributed by atoms with Crippen LogP contribution >= 0.6 is 0 Å². The number of carbonyl (C=O) groups excluding carboxylic acids is 1. The molecule has 1 aliphatic rings. The number of hydrogen-bond acceptors (Lipinski definition) is 5. The second-order valence-electron chi connectivity index (χ2n) is 6.25. The van der Waals surface area contributed by atoms with Gasteiger partial charge < -0.3 is 9.64 Å². The molecule has 1 aromatic carbocycles. The maximum atomic E-state index is 12.7. The molecule has 0 bridgehead atoms. The molecule has 7 nitrogen and oxygen atoms in total. The Morgan fingerprint density at radius 3 is 2.92 bits per heavy atom. The first-order valence-corrected chi connectivity index (χ1v) is 8.55. The third-order valence-corrected chi connectivity index (χ3v) is 4.35. The first kappa shape index (κ1) is 16.3. The summed E-state index contributed by atoms with van der Waals surface area (Å²) < 4.78 is 5.88. The van der Waals surface area contributed by atoms with Gasteiger partial charge in [0, 0.05) is 30.8 Å². The molecular formula is C19H19N5O2. The molecule has 1 unspecified atom stereocenters. The molecule has 132 valence electrons. The number of nitrogens with one attached hydrogen (secondary N) is 1. The number of amides is 1. The Labute approximate surface area is 151 Å². The van der Waals surface area contributed by atoms with E-state index < -0.39 is 0 Å². The van der Waals surface area contributed by atoms with Gasteiger partial charge in [-0.3, -0.25) is 9.89 Å². The van der Waals surface area contributed by atoms with E-state index in [1.807, 2.05) is 37.3 Å². The third-order valence-electron chi connectivity index (χ3n) is 4.35. The highest BCUT2D eigenvalue weighted by Crippen LogP contribution is 2.21. The van der Waals surface area contributed by atoms with Gasteiger partial charge in [0.05, 0.1) is 12.2 Å². The Bertz CT molecular complexity index is 909. The van der Waals surface area contributed by atoms with Crippen molar-refractivity contribution < 1.29 is 9.53 Å². The minimum absolute atomic E-state index is 0.0650. The number of nitrogens with zero attached hydrogens (tertiary/aromatic N) is 4. The molecule has 0 spiro atoms. The van der Waals surface area contributed by atoms with Crippen molar-refractivity contribution in [2.45, 2.75) is 19.4 Å². The fourth-order valence-electron chi connectivity index (χ4n) is 3.04. The molecule has 0 aliphatic carbocycles. The summed E-state index contributed by atoms with van der Waals surface area (Å²) in [7, 11) is 0. The number of rotatable bonds is 4. The molecular weight excluding hydrogens is 330 g/mol. The Hall–Kier alpha value is -3.22. The lowest BCUT2D eigenvalue weighted by molar-refractivity contribution is 0.0765. The van der Waals surface area contributed by atoms with E-state index in [9.17, 15) is 4.79 Å². The Morgan fingerprint density at radius 2 is 2.12 bits per heavy atom. The van der Waals surface area contributed by atoms with Gasteiger partial charge in [0.1, 0.15) is 17.6 Å². The lowest BCUT2D eigenvalue weighted by atomic mass is 10.1. The van der Waals surface area contributed by atoms with E-state index in [-0.39, 0.29) is 12.0 Å². The van der Waals surface area contributed by atoms with Crippen molar-refractivity contribution in [3.8, 4) is 17.1 Å². The van der Waals surface area contributed by atoms with Gasteiger partial charge >= 0.3 is 0 Å². The number of hydrogen-bond donors (Lipinski definition) is 1. The molecule has 1 fully saturated rings. The first-order chi connectivity index (χ1) is 12.7. The predicted octanol–water partition coefficient (Wildman–Crippen LogP) is 2.47. The zero-order chi connectivity index (χ0) is 17.9. The van der Waals surface area contributed by atoms with E-state index >= 15 is 0 Å². The van der Waals surface area contributed by atoms with Gasteiger partial charge in [-0.15, -0.1) is 0 Å². The molecule has 26 heavy (non-hydrogen) atoms. The average Bonchev–Trinajstić information content (AvgIpc) is 3.32. The Balaban J connectivity index is 1.41.